The number of hydrogen-bond acceptors (Lipinski definition) is 5. The van der Waals surface area contributed by atoms with Crippen LogP contribution in [0.25, 0.3) is 6.08 Å². The number of ether oxygens (including phenoxy) is 3. The summed E-state index contributed by atoms with van der Waals surface area (Å²) in [6.07, 6.45) is 2.47. The van der Waals surface area contributed by atoms with Crippen molar-refractivity contribution in [2.45, 2.75) is 13.5 Å². The lowest BCUT2D eigenvalue weighted by molar-refractivity contribution is -0.114. The van der Waals surface area contributed by atoms with Crippen LogP contribution in [0, 0.1) is 0 Å². The molecule has 0 fully saturated rings. The third-order valence-corrected chi connectivity index (χ3v) is 3.63. The zero-order valence-corrected chi connectivity index (χ0v) is 16.0. The average molecular weight is 406 g/mol. The quantitative estimate of drug-likeness (QED) is 0.649. The molecule has 0 aromatic heterocycles. The topological polar surface area (TPSA) is 85.9 Å². The van der Waals surface area contributed by atoms with Crippen molar-refractivity contribution in [1.29, 1.82) is 0 Å². The molecule has 2 aromatic carbocycles. The van der Waals surface area contributed by atoms with Gasteiger partial charge in [0.05, 0.1) is 19.9 Å². The summed E-state index contributed by atoms with van der Waals surface area (Å²) in [4.78, 5) is 23.5. The van der Waals surface area contributed by atoms with Crippen molar-refractivity contribution < 1.29 is 32.6 Å². The molecule has 0 unspecified atom stereocenters. The van der Waals surface area contributed by atoms with Gasteiger partial charge in [-0.15, -0.1) is 0 Å². The molecule has 2 rings (SSSR count). The number of amides is 2. The standard InChI is InChI=1S/C20H20F2N2O5/c1-12(25)23-14-8-9-16(27-2)15(11-14)24-18(26)10-7-13-5-4-6-17(28-3)19(13)29-20(21)22/h4-11,20H,1-3H3,(H,23,25)(H,24,26)/b10-7+. The summed E-state index contributed by atoms with van der Waals surface area (Å²) in [5.74, 6) is -0.508. The molecule has 2 amide bonds. The molecule has 2 N–H and O–H groups in total. The minimum atomic E-state index is -3.05. The molecule has 7 nitrogen and oxygen atoms in total. The predicted octanol–water partition coefficient (Wildman–Crippen LogP) is 3.92. The van der Waals surface area contributed by atoms with Crippen LogP contribution >= 0.6 is 0 Å². The van der Waals surface area contributed by atoms with Crippen LogP contribution in [-0.4, -0.2) is 32.6 Å². The summed E-state index contributed by atoms with van der Waals surface area (Å²) >= 11 is 0. The Hall–Kier alpha value is -3.62. The smallest absolute Gasteiger partial charge is 0.387 e. The molecule has 0 saturated carbocycles. The lowest BCUT2D eigenvalue weighted by Crippen LogP contribution is -2.11. The first-order valence-corrected chi connectivity index (χ1v) is 8.40. The maximum atomic E-state index is 12.7. The third kappa shape index (κ3) is 6.20. The first-order valence-electron chi connectivity index (χ1n) is 8.40. The summed E-state index contributed by atoms with van der Waals surface area (Å²) in [6, 6.07) is 9.28. The van der Waals surface area contributed by atoms with Gasteiger partial charge in [0, 0.05) is 24.3 Å². The Morgan fingerprint density at radius 2 is 1.76 bits per heavy atom. The lowest BCUT2D eigenvalue weighted by Gasteiger charge is -2.13. The molecule has 154 valence electrons. The van der Waals surface area contributed by atoms with Gasteiger partial charge >= 0.3 is 6.61 Å². The van der Waals surface area contributed by atoms with E-state index >= 15 is 0 Å². The maximum Gasteiger partial charge on any atom is 0.387 e. The van der Waals surface area contributed by atoms with E-state index in [4.69, 9.17) is 9.47 Å². The fraction of sp³-hybridized carbons (Fsp3) is 0.200. The molecular formula is C20H20F2N2O5. The predicted molar refractivity (Wildman–Crippen MR) is 105 cm³/mol. The zero-order chi connectivity index (χ0) is 21.4. The number of benzene rings is 2. The Bertz CT molecular complexity index is 916. The van der Waals surface area contributed by atoms with Crippen LogP contribution in [-0.2, 0) is 9.59 Å². The van der Waals surface area contributed by atoms with Crippen molar-refractivity contribution in [2.75, 3.05) is 24.9 Å². The van der Waals surface area contributed by atoms with E-state index in [2.05, 4.69) is 15.4 Å². The van der Waals surface area contributed by atoms with E-state index in [0.717, 1.165) is 6.08 Å². The van der Waals surface area contributed by atoms with Crippen LogP contribution in [0.4, 0.5) is 20.2 Å². The van der Waals surface area contributed by atoms with Crippen LogP contribution in [0.3, 0.4) is 0 Å². The molecule has 0 spiro atoms. The summed E-state index contributed by atoms with van der Waals surface area (Å²) in [5, 5.41) is 5.21. The second kappa shape index (κ2) is 10.1. The minimum absolute atomic E-state index is 0.109. The highest BCUT2D eigenvalue weighted by Gasteiger charge is 2.14. The Morgan fingerprint density at radius 1 is 1.03 bits per heavy atom. The molecule has 0 saturated heterocycles. The van der Waals surface area contributed by atoms with Gasteiger partial charge in [0.15, 0.2) is 11.5 Å². The highest BCUT2D eigenvalue weighted by molar-refractivity contribution is 6.03. The molecule has 0 atom stereocenters. The number of alkyl halides is 2. The van der Waals surface area contributed by atoms with Crippen molar-refractivity contribution >= 4 is 29.3 Å². The molecule has 0 aliphatic heterocycles. The molecule has 2 aromatic rings. The third-order valence-electron chi connectivity index (χ3n) is 3.63. The molecule has 0 aliphatic rings. The number of methoxy groups -OCH3 is 2. The fourth-order valence-corrected chi connectivity index (χ4v) is 2.47. The van der Waals surface area contributed by atoms with Gasteiger partial charge < -0.3 is 24.8 Å². The number of halogens is 2. The first kappa shape index (κ1) is 21.7. The van der Waals surface area contributed by atoms with Crippen molar-refractivity contribution in [1.82, 2.24) is 0 Å². The highest BCUT2D eigenvalue weighted by atomic mass is 19.3. The van der Waals surface area contributed by atoms with Gasteiger partial charge in [-0.25, -0.2) is 0 Å². The Labute approximate surface area is 166 Å². The van der Waals surface area contributed by atoms with Gasteiger partial charge in [-0.2, -0.15) is 8.78 Å². The van der Waals surface area contributed by atoms with Gasteiger partial charge in [0.25, 0.3) is 0 Å². The second-order valence-corrected chi connectivity index (χ2v) is 5.68. The fourth-order valence-electron chi connectivity index (χ4n) is 2.47. The van der Waals surface area contributed by atoms with Crippen LogP contribution in [0.2, 0.25) is 0 Å². The van der Waals surface area contributed by atoms with E-state index in [9.17, 15) is 18.4 Å². The van der Waals surface area contributed by atoms with Crippen LogP contribution < -0.4 is 24.8 Å². The molecule has 29 heavy (non-hydrogen) atoms. The number of hydrogen-bond donors (Lipinski definition) is 2. The average Bonchev–Trinajstić information content (AvgIpc) is 2.66. The van der Waals surface area contributed by atoms with Crippen molar-refractivity contribution in [3.05, 3.63) is 48.0 Å². The number of carbonyl (C=O) groups excluding carboxylic acids is 2. The number of nitrogens with one attached hydrogen (secondary N) is 2. The van der Waals surface area contributed by atoms with Gasteiger partial charge in [-0.05, 0) is 30.3 Å². The van der Waals surface area contributed by atoms with Gasteiger partial charge in [-0.3, -0.25) is 9.59 Å². The molecular weight excluding hydrogens is 386 g/mol. The lowest BCUT2D eigenvalue weighted by atomic mass is 10.1. The van der Waals surface area contributed by atoms with Gasteiger partial charge in [0.1, 0.15) is 5.75 Å². The largest absolute Gasteiger partial charge is 0.495 e. The number of carbonyl (C=O) groups is 2. The SMILES string of the molecule is COc1ccc(NC(C)=O)cc1NC(=O)/C=C/c1cccc(OC)c1OC(F)F. The molecule has 0 radical (unpaired) electrons. The van der Waals surface area contributed by atoms with E-state index in [1.165, 1.54) is 45.4 Å². The first-order chi connectivity index (χ1) is 13.8. The molecule has 0 aliphatic carbocycles. The van der Waals surface area contributed by atoms with Crippen molar-refractivity contribution in [3.63, 3.8) is 0 Å². The summed E-state index contributed by atoms with van der Waals surface area (Å²) < 4.78 is 40.1. The van der Waals surface area contributed by atoms with Crippen LogP contribution in [0.5, 0.6) is 17.2 Å². The van der Waals surface area contributed by atoms with E-state index < -0.39 is 12.5 Å². The minimum Gasteiger partial charge on any atom is -0.495 e. The monoisotopic (exact) mass is 406 g/mol. The Kier molecular flexibility index (Phi) is 7.53. The Morgan fingerprint density at radius 3 is 2.38 bits per heavy atom. The van der Waals surface area contributed by atoms with E-state index in [1.54, 1.807) is 18.2 Å². The summed E-state index contributed by atoms with van der Waals surface area (Å²) in [6.45, 7) is -1.69. The summed E-state index contributed by atoms with van der Waals surface area (Å²) in [7, 11) is 2.76. The highest BCUT2D eigenvalue weighted by Crippen LogP contribution is 2.33. The second-order valence-electron chi connectivity index (χ2n) is 5.68. The maximum absolute atomic E-state index is 12.7. The number of rotatable bonds is 8. The van der Waals surface area contributed by atoms with Gasteiger partial charge in [0.2, 0.25) is 11.8 Å². The molecule has 0 heterocycles. The number of para-hydroxylation sites is 1. The zero-order valence-electron chi connectivity index (χ0n) is 16.0. The number of anilines is 2. The van der Waals surface area contributed by atoms with E-state index in [-0.39, 0.29) is 23.0 Å². The molecule has 9 heteroatoms. The normalized spacial score (nSPS) is 10.7. The van der Waals surface area contributed by atoms with Crippen LogP contribution in [0.15, 0.2) is 42.5 Å². The van der Waals surface area contributed by atoms with Gasteiger partial charge in [-0.1, -0.05) is 12.1 Å². The van der Waals surface area contributed by atoms with E-state index in [1.807, 2.05) is 0 Å². The van der Waals surface area contributed by atoms with Crippen molar-refractivity contribution in [2.24, 2.45) is 0 Å². The van der Waals surface area contributed by atoms with Crippen LogP contribution in [0.1, 0.15) is 12.5 Å². The Balaban J connectivity index is 2.23. The van der Waals surface area contributed by atoms with Crippen molar-refractivity contribution in [3.8, 4) is 17.2 Å². The summed E-state index contributed by atoms with van der Waals surface area (Å²) in [5.41, 5.74) is 1.03. The molecule has 0 bridgehead atoms. The van der Waals surface area contributed by atoms with E-state index in [0.29, 0.717) is 17.1 Å².